The average molecular weight is 1140 g/mol. The molecule has 6 aromatic carbocycles. The van der Waals surface area contributed by atoms with Gasteiger partial charge in [0.1, 0.15) is 23.0 Å². The van der Waals surface area contributed by atoms with E-state index in [9.17, 15) is 9.59 Å². The van der Waals surface area contributed by atoms with Crippen LogP contribution in [0.3, 0.4) is 0 Å². The first-order valence-corrected chi connectivity index (χ1v) is 31.3. The van der Waals surface area contributed by atoms with Gasteiger partial charge in [-0.1, -0.05) is 195 Å². The summed E-state index contributed by atoms with van der Waals surface area (Å²) >= 11 is 0. The largest absolute Gasteiger partial charge is 0.493 e. The lowest BCUT2D eigenvalue weighted by Gasteiger charge is -2.29. The fourth-order valence-corrected chi connectivity index (χ4v) is 10.6. The minimum Gasteiger partial charge on any atom is -0.493 e. The second-order valence-electron chi connectivity index (χ2n) is 27.2. The van der Waals surface area contributed by atoms with Crippen LogP contribution >= 0.6 is 0 Å². The molecule has 0 unspecified atom stereocenters. The van der Waals surface area contributed by atoms with Crippen LogP contribution in [0.4, 0.5) is 21.0 Å². The topological polar surface area (TPSA) is 119 Å². The number of fused-ring (bicyclic) bond motifs is 8. The van der Waals surface area contributed by atoms with Crippen molar-refractivity contribution in [3.05, 3.63) is 176 Å². The zero-order chi connectivity index (χ0) is 60.7. The Morgan fingerprint density at radius 1 is 0.357 bits per heavy atom. The van der Waals surface area contributed by atoms with Crippen molar-refractivity contribution in [2.45, 2.75) is 196 Å². The summed E-state index contributed by atoms with van der Waals surface area (Å²) in [7, 11) is 0. The summed E-state index contributed by atoms with van der Waals surface area (Å²) in [5, 5.41) is 12.0. The standard InChI is InChI=1S/C74H100N4O6/c1-15-17-35-81-65-51-39-55-47-61(73(9,10)11)49-57(67(55)83-37-27-25-33-75-69(79)77-63-29-21-19-22-30-63)41-53-45-60(72(6,7)8)46-54(66(53)82-36-18-16-2)42-58-50-62(74(12,13)14)48-56(40-52(65)44-59(43-51)71(3,4)5)68(58)84-38-28-26-34-76-70(80)78-64-31-23-20-24-32-64/h19-24,29-32,43-50H,15-18,25-28,33-42H2,1-14H3,(H2,75,77,79)(H2,76,78,80). The number of anilines is 2. The molecule has 0 saturated carbocycles. The number of urea groups is 2. The fraction of sp³-hybridized carbons (Fsp3) is 0.486. The van der Waals surface area contributed by atoms with Gasteiger partial charge in [0.05, 0.1) is 26.4 Å². The predicted molar refractivity (Wildman–Crippen MR) is 349 cm³/mol. The lowest BCUT2D eigenvalue weighted by molar-refractivity contribution is 0.250. The van der Waals surface area contributed by atoms with Gasteiger partial charge < -0.3 is 40.2 Å². The second-order valence-corrected chi connectivity index (χ2v) is 27.2. The van der Waals surface area contributed by atoms with E-state index in [0.717, 1.165) is 130 Å². The highest BCUT2D eigenvalue weighted by Crippen LogP contribution is 2.45. The quantitative estimate of drug-likeness (QED) is 0.0502. The smallest absolute Gasteiger partial charge is 0.319 e. The number of benzene rings is 6. The monoisotopic (exact) mass is 1140 g/mol. The van der Waals surface area contributed by atoms with Crippen molar-refractivity contribution >= 4 is 23.4 Å². The third-order valence-electron chi connectivity index (χ3n) is 15.7. The number of ether oxygens (including phenoxy) is 4. The molecular weight excluding hydrogens is 1040 g/mol. The van der Waals surface area contributed by atoms with Crippen LogP contribution in [-0.4, -0.2) is 51.6 Å². The molecule has 0 aromatic heterocycles. The molecule has 0 atom stereocenters. The summed E-state index contributed by atoms with van der Waals surface area (Å²) < 4.78 is 28.8. The highest BCUT2D eigenvalue weighted by Gasteiger charge is 2.30. The van der Waals surface area contributed by atoms with Gasteiger partial charge in [0.2, 0.25) is 0 Å². The zero-order valence-electron chi connectivity index (χ0n) is 53.6. The van der Waals surface area contributed by atoms with E-state index >= 15 is 0 Å². The van der Waals surface area contributed by atoms with E-state index in [4.69, 9.17) is 18.9 Å². The molecule has 0 aliphatic heterocycles. The van der Waals surface area contributed by atoms with Crippen LogP contribution in [0.2, 0.25) is 0 Å². The normalized spacial score (nSPS) is 12.7. The third-order valence-corrected chi connectivity index (χ3v) is 15.7. The number of para-hydroxylation sites is 2. The molecule has 1 aliphatic rings. The van der Waals surface area contributed by atoms with Gasteiger partial charge in [0.15, 0.2) is 0 Å². The van der Waals surface area contributed by atoms with Crippen molar-refractivity contribution in [3.8, 4) is 23.0 Å². The van der Waals surface area contributed by atoms with Crippen LogP contribution in [0, 0.1) is 0 Å². The Morgan fingerprint density at radius 2 is 0.595 bits per heavy atom. The fourth-order valence-electron chi connectivity index (χ4n) is 10.6. The highest BCUT2D eigenvalue weighted by atomic mass is 16.5. The Labute approximate surface area is 505 Å². The van der Waals surface area contributed by atoms with Crippen LogP contribution in [0.25, 0.3) is 0 Å². The Morgan fingerprint density at radius 3 is 0.821 bits per heavy atom. The Bertz CT molecular complexity index is 2810. The Balaban J connectivity index is 1.40. The van der Waals surface area contributed by atoms with Crippen molar-refractivity contribution in [2.75, 3.05) is 50.2 Å². The van der Waals surface area contributed by atoms with Gasteiger partial charge in [-0.05, 0) is 151 Å². The molecule has 10 heteroatoms. The molecule has 10 nitrogen and oxygen atoms in total. The molecule has 0 saturated heterocycles. The molecule has 8 bridgehead atoms. The van der Waals surface area contributed by atoms with Crippen molar-refractivity contribution in [1.82, 2.24) is 10.6 Å². The number of rotatable bonds is 22. The molecule has 0 radical (unpaired) electrons. The van der Waals surface area contributed by atoms with Gasteiger partial charge in [-0.3, -0.25) is 0 Å². The maximum Gasteiger partial charge on any atom is 0.319 e. The van der Waals surface area contributed by atoms with Gasteiger partial charge in [-0.25, -0.2) is 9.59 Å². The van der Waals surface area contributed by atoms with E-state index in [-0.39, 0.29) is 33.7 Å². The Kier molecular flexibility index (Phi) is 22.5. The van der Waals surface area contributed by atoms with Gasteiger partial charge >= 0.3 is 12.1 Å². The van der Waals surface area contributed by atoms with Crippen molar-refractivity contribution < 1.29 is 28.5 Å². The van der Waals surface area contributed by atoms with Gasteiger partial charge in [-0.15, -0.1) is 0 Å². The molecule has 452 valence electrons. The summed E-state index contributed by atoms with van der Waals surface area (Å²) in [5.41, 5.74) is 14.8. The van der Waals surface area contributed by atoms with Crippen molar-refractivity contribution in [2.24, 2.45) is 0 Å². The third kappa shape index (κ3) is 18.5. The van der Waals surface area contributed by atoms with E-state index in [0.29, 0.717) is 65.2 Å². The van der Waals surface area contributed by atoms with Crippen LogP contribution in [0.1, 0.15) is 215 Å². The van der Waals surface area contributed by atoms with Crippen LogP contribution in [-0.2, 0) is 47.3 Å². The maximum absolute atomic E-state index is 12.9. The predicted octanol–water partition coefficient (Wildman–Crippen LogP) is 17.9. The van der Waals surface area contributed by atoms with E-state index in [1.165, 1.54) is 22.3 Å². The summed E-state index contributed by atoms with van der Waals surface area (Å²) in [6.07, 6.45) is 9.23. The number of carbonyl (C=O) groups is 2. The summed E-state index contributed by atoms with van der Waals surface area (Å²) in [4.78, 5) is 25.8. The first kappa shape index (κ1) is 64.6. The van der Waals surface area contributed by atoms with E-state index in [1.54, 1.807) is 0 Å². The molecule has 4 N–H and O–H groups in total. The SMILES string of the molecule is CCCCOc1c2cc(C(C)(C)C)cc1Cc1cc(C(C)(C)C)cc(c1OCCCCNC(=O)Nc1ccccc1)Cc1cc(C(C)(C)C)cc(c1OCCCC)Cc1cc(C(C)(C)C)cc(c1OCCCCNC(=O)Nc1ccccc1)C2. The van der Waals surface area contributed by atoms with Crippen molar-refractivity contribution in [3.63, 3.8) is 0 Å². The molecule has 0 spiro atoms. The first-order chi connectivity index (χ1) is 39.9. The van der Waals surface area contributed by atoms with Crippen LogP contribution < -0.4 is 40.2 Å². The van der Waals surface area contributed by atoms with E-state index in [1.807, 2.05) is 60.7 Å². The van der Waals surface area contributed by atoms with Gasteiger partial charge in [0, 0.05) is 50.1 Å². The zero-order valence-corrected chi connectivity index (χ0v) is 53.6. The first-order valence-electron chi connectivity index (χ1n) is 31.3. The Hall–Kier alpha value is -6.94. The van der Waals surface area contributed by atoms with Crippen LogP contribution in [0.15, 0.2) is 109 Å². The number of amides is 4. The maximum atomic E-state index is 12.9. The molecule has 1 aliphatic carbocycles. The summed E-state index contributed by atoms with van der Waals surface area (Å²) in [5.74, 6) is 3.66. The number of hydrogen-bond acceptors (Lipinski definition) is 6. The lowest BCUT2D eigenvalue weighted by Crippen LogP contribution is -2.29. The summed E-state index contributed by atoms with van der Waals surface area (Å²) in [6, 6.07) is 37.8. The van der Waals surface area contributed by atoms with E-state index in [2.05, 4.69) is 167 Å². The number of unbranched alkanes of at least 4 members (excludes halogenated alkanes) is 4. The summed E-state index contributed by atoms with van der Waals surface area (Å²) in [6.45, 7) is 35.3. The molecule has 4 amide bonds. The van der Waals surface area contributed by atoms with Crippen LogP contribution in [0.5, 0.6) is 23.0 Å². The van der Waals surface area contributed by atoms with Gasteiger partial charge in [-0.2, -0.15) is 0 Å². The molecule has 6 aromatic rings. The number of nitrogens with one attached hydrogen (secondary N) is 4. The molecule has 84 heavy (non-hydrogen) atoms. The van der Waals surface area contributed by atoms with Crippen molar-refractivity contribution in [1.29, 1.82) is 0 Å². The minimum atomic E-state index is -0.218. The lowest BCUT2D eigenvalue weighted by atomic mass is 9.79. The average Bonchev–Trinajstić information content (AvgIpc) is 1.33. The molecular formula is C74H100N4O6. The molecule has 0 fully saturated rings. The number of hydrogen-bond donors (Lipinski definition) is 4. The second kappa shape index (κ2) is 29.2. The molecule has 7 rings (SSSR count). The van der Waals surface area contributed by atoms with Gasteiger partial charge in [0.25, 0.3) is 0 Å². The van der Waals surface area contributed by atoms with E-state index < -0.39 is 0 Å². The number of carbonyl (C=O) groups excluding carboxylic acids is 2. The highest BCUT2D eigenvalue weighted by molar-refractivity contribution is 5.89. The molecule has 0 heterocycles. The minimum absolute atomic E-state index is 0.177.